The van der Waals surface area contributed by atoms with Crippen LogP contribution in [-0.2, 0) is 33.8 Å². The molecule has 1 amide bonds. The largest absolute Gasteiger partial charge is 0.497 e. The van der Waals surface area contributed by atoms with Gasteiger partial charge in [-0.05, 0) is 28.5 Å². The van der Waals surface area contributed by atoms with Gasteiger partial charge in [-0.2, -0.15) is 4.80 Å². The Morgan fingerprint density at radius 2 is 1.90 bits per heavy atom. The molecule has 0 spiro atoms. The minimum atomic E-state index is -0.682. The smallest absolute Gasteiger partial charge is 0.328 e. The van der Waals surface area contributed by atoms with Crippen LogP contribution in [0, 0.1) is 0 Å². The average molecular weight is 407 g/mol. The molecular weight excluding hydrogens is 386 g/mol. The van der Waals surface area contributed by atoms with E-state index in [1.807, 2.05) is 42.5 Å². The lowest BCUT2D eigenvalue weighted by Crippen LogP contribution is -2.50. The van der Waals surface area contributed by atoms with Crippen molar-refractivity contribution >= 4 is 11.9 Å². The van der Waals surface area contributed by atoms with Gasteiger partial charge in [0.05, 0.1) is 14.2 Å². The molecule has 1 atom stereocenters. The number of aromatic nitrogens is 4. The highest BCUT2D eigenvalue weighted by molar-refractivity contribution is 5.85. The number of benzene rings is 2. The van der Waals surface area contributed by atoms with E-state index in [-0.39, 0.29) is 12.5 Å². The lowest BCUT2D eigenvalue weighted by molar-refractivity contribution is -0.154. The van der Waals surface area contributed by atoms with Crippen LogP contribution >= 0.6 is 0 Å². The molecule has 0 saturated carbocycles. The molecule has 2 heterocycles. The Labute approximate surface area is 173 Å². The molecule has 9 nitrogen and oxygen atoms in total. The number of amides is 1. The van der Waals surface area contributed by atoms with Crippen LogP contribution in [0.15, 0.2) is 48.5 Å². The van der Waals surface area contributed by atoms with Crippen molar-refractivity contribution in [3.8, 4) is 17.1 Å². The highest BCUT2D eigenvalue weighted by Gasteiger charge is 2.35. The Morgan fingerprint density at radius 1 is 1.10 bits per heavy atom. The maximum Gasteiger partial charge on any atom is 0.328 e. The first kappa shape index (κ1) is 19.6. The minimum Gasteiger partial charge on any atom is -0.497 e. The molecular formula is C21H21N5O4. The molecule has 154 valence electrons. The van der Waals surface area contributed by atoms with Crippen molar-refractivity contribution in [1.82, 2.24) is 25.1 Å². The van der Waals surface area contributed by atoms with Gasteiger partial charge in [-0.1, -0.05) is 36.4 Å². The molecule has 30 heavy (non-hydrogen) atoms. The second kappa shape index (κ2) is 8.32. The highest BCUT2D eigenvalue weighted by Crippen LogP contribution is 2.25. The second-order valence-electron chi connectivity index (χ2n) is 6.91. The number of hydrogen-bond donors (Lipinski definition) is 0. The maximum atomic E-state index is 13.0. The molecule has 1 aliphatic heterocycles. The fourth-order valence-electron chi connectivity index (χ4n) is 3.53. The Morgan fingerprint density at radius 3 is 2.67 bits per heavy atom. The third kappa shape index (κ3) is 3.86. The standard InChI is InChI=1S/C21H21N5O4/c1-29-17-9-5-8-15(10-17)20-22-24-26(23-20)13-19(27)25-12-16-7-4-3-6-14(16)11-18(25)21(28)30-2/h3-10,18H,11-13H2,1-2H3/t18-/m1/s1. The molecule has 0 saturated heterocycles. The summed E-state index contributed by atoms with van der Waals surface area (Å²) >= 11 is 0. The Kier molecular flexibility index (Phi) is 5.42. The molecule has 9 heteroatoms. The average Bonchev–Trinajstić information content (AvgIpc) is 3.26. The predicted molar refractivity (Wildman–Crippen MR) is 106 cm³/mol. The van der Waals surface area contributed by atoms with Crippen LogP contribution in [0.5, 0.6) is 5.75 Å². The van der Waals surface area contributed by atoms with Gasteiger partial charge in [-0.15, -0.1) is 10.2 Å². The van der Waals surface area contributed by atoms with E-state index < -0.39 is 12.0 Å². The summed E-state index contributed by atoms with van der Waals surface area (Å²) in [6.45, 7) is 0.193. The lowest BCUT2D eigenvalue weighted by atomic mass is 9.94. The monoisotopic (exact) mass is 407 g/mol. The first-order valence-corrected chi connectivity index (χ1v) is 9.45. The number of hydrogen-bond acceptors (Lipinski definition) is 7. The highest BCUT2D eigenvalue weighted by atomic mass is 16.5. The van der Waals surface area contributed by atoms with E-state index in [0.717, 1.165) is 16.7 Å². The summed E-state index contributed by atoms with van der Waals surface area (Å²) in [5, 5.41) is 12.3. The van der Waals surface area contributed by atoms with E-state index in [9.17, 15) is 9.59 Å². The van der Waals surface area contributed by atoms with Crippen molar-refractivity contribution in [1.29, 1.82) is 0 Å². The first-order chi connectivity index (χ1) is 14.6. The van der Waals surface area contributed by atoms with Gasteiger partial charge in [0.25, 0.3) is 0 Å². The zero-order valence-corrected chi connectivity index (χ0v) is 16.7. The maximum absolute atomic E-state index is 13.0. The van der Waals surface area contributed by atoms with E-state index in [1.54, 1.807) is 13.2 Å². The summed E-state index contributed by atoms with van der Waals surface area (Å²) in [7, 11) is 2.90. The molecule has 2 aromatic carbocycles. The van der Waals surface area contributed by atoms with Gasteiger partial charge in [0.1, 0.15) is 18.3 Å². The lowest BCUT2D eigenvalue weighted by Gasteiger charge is -2.35. The zero-order chi connectivity index (χ0) is 21.1. The quantitative estimate of drug-likeness (QED) is 0.591. The molecule has 0 unspecified atom stereocenters. The van der Waals surface area contributed by atoms with Crippen LogP contribution in [0.25, 0.3) is 11.4 Å². The van der Waals surface area contributed by atoms with Gasteiger partial charge in [0.15, 0.2) is 0 Å². The van der Waals surface area contributed by atoms with Crippen molar-refractivity contribution in [2.24, 2.45) is 0 Å². The van der Waals surface area contributed by atoms with Crippen molar-refractivity contribution in [2.45, 2.75) is 25.6 Å². The van der Waals surface area contributed by atoms with Gasteiger partial charge in [0.2, 0.25) is 11.7 Å². The number of carbonyl (C=O) groups is 2. The van der Waals surface area contributed by atoms with Crippen LogP contribution < -0.4 is 4.74 Å². The molecule has 1 aliphatic rings. The van der Waals surface area contributed by atoms with Crippen molar-refractivity contribution in [3.63, 3.8) is 0 Å². The first-order valence-electron chi connectivity index (χ1n) is 9.45. The van der Waals surface area contributed by atoms with E-state index in [0.29, 0.717) is 24.5 Å². The topological polar surface area (TPSA) is 99.4 Å². The third-order valence-corrected chi connectivity index (χ3v) is 5.10. The van der Waals surface area contributed by atoms with Crippen LogP contribution in [0.4, 0.5) is 0 Å². The Bertz CT molecular complexity index is 1080. The molecule has 0 N–H and O–H groups in total. The van der Waals surface area contributed by atoms with Gasteiger partial charge in [-0.25, -0.2) is 4.79 Å². The molecule has 1 aromatic heterocycles. The summed E-state index contributed by atoms with van der Waals surface area (Å²) in [5.74, 6) is 0.332. The molecule has 0 bridgehead atoms. The van der Waals surface area contributed by atoms with E-state index >= 15 is 0 Å². The van der Waals surface area contributed by atoms with Crippen LogP contribution in [-0.4, -0.2) is 57.2 Å². The summed E-state index contributed by atoms with van der Waals surface area (Å²) in [4.78, 5) is 28.1. The number of tetrazole rings is 1. The predicted octanol–water partition coefficient (Wildman–Crippen LogP) is 1.48. The van der Waals surface area contributed by atoms with Crippen LogP contribution in [0.1, 0.15) is 11.1 Å². The number of esters is 1. The van der Waals surface area contributed by atoms with E-state index in [2.05, 4.69) is 15.4 Å². The number of carbonyl (C=O) groups excluding carboxylic acids is 2. The Hall–Kier alpha value is -3.75. The summed E-state index contributed by atoms with van der Waals surface area (Å²) < 4.78 is 10.1. The number of ether oxygens (including phenoxy) is 2. The van der Waals surface area contributed by atoms with Crippen molar-refractivity contribution in [3.05, 3.63) is 59.7 Å². The van der Waals surface area contributed by atoms with Crippen LogP contribution in [0.2, 0.25) is 0 Å². The van der Waals surface area contributed by atoms with Gasteiger partial charge in [-0.3, -0.25) is 4.79 Å². The fraction of sp³-hybridized carbons (Fsp3) is 0.286. The summed E-state index contributed by atoms with van der Waals surface area (Å²) in [5.41, 5.74) is 2.78. The van der Waals surface area contributed by atoms with Crippen LogP contribution in [0.3, 0.4) is 0 Å². The van der Waals surface area contributed by atoms with E-state index in [1.165, 1.54) is 16.8 Å². The zero-order valence-electron chi connectivity index (χ0n) is 16.7. The number of nitrogens with zero attached hydrogens (tertiary/aromatic N) is 5. The van der Waals surface area contributed by atoms with Gasteiger partial charge < -0.3 is 14.4 Å². The van der Waals surface area contributed by atoms with E-state index in [4.69, 9.17) is 9.47 Å². The number of methoxy groups -OCH3 is 2. The minimum absolute atomic E-state index is 0.132. The van der Waals surface area contributed by atoms with Crippen molar-refractivity contribution < 1.29 is 19.1 Å². The van der Waals surface area contributed by atoms with Crippen molar-refractivity contribution in [2.75, 3.05) is 14.2 Å². The normalized spacial score (nSPS) is 15.4. The molecule has 3 aromatic rings. The number of fused-ring (bicyclic) bond motifs is 1. The fourth-order valence-corrected chi connectivity index (χ4v) is 3.53. The molecule has 0 fully saturated rings. The summed E-state index contributed by atoms with van der Waals surface area (Å²) in [6, 6.07) is 14.3. The summed E-state index contributed by atoms with van der Waals surface area (Å²) in [6.07, 6.45) is 0.411. The molecule has 0 aliphatic carbocycles. The van der Waals surface area contributed by atoms with Gasteiger partial charge in [0, 0.05) is 18.5 Å². The van der Waals surface area contributed by atoms with Gasteiger partial charge >= 0.3 is 5.97 Å². The second-order valence-corrected chi connectivity index (χ2v) is 6.91. The Balaban J connectivity index is 1.54. The SMILES string of the molecule is COC(=O)[C@H]1Cc2ccccc2CN1C(=O)Cn1nnc(-c2cccc(OC)c2)n1. The molecule has 4 rings (SSSR count). The molecule has 0 radical (unpaired) electrons. The number of rotatable bonds is 5. The third-order valence-electron chi connectivity index (χ3n) is 5.10.